The van der Waals surface area contributed by atoms with Gasteiger partial charge in [-0.25, -0.2) is 8.42 Å². The molecule has 0 aliphatic carbocycles. The van der Waals surface area contributed by atoms with Crippen LogP contribution < -0.4 is 10.0 Å². The molecule has 0 saturated heterocycles. The number of sulfonamides is 1. The van der Waals surface area contributed by atoms with E-state index >= 15 is 0 Å². The largest absolute Gasteiger partial charge is 0.360 e. The Morgan fingerprint density at radius 1 is 1.08 bits per heavy atom. The van der Waals surface area contributed by atoms with Crippen molar-refractivity contribution in [3.8, 4) is 0 Å². The molecule has 2 aromatic carbocycles. The first kappa shape index (κ1) is 18.0. The van der Waals surface area contributed by atoms with Crippen LogP contribution in [0.15, 0.2) is 68.9 Å². The molecule has 0 spiro atoms. The number of carbonyl (C=O) groups excluding carboxylic acids is 1. The van der Waals surface area contributed by atoms with E-state index < -0.39 is 10.0 Å². The fourth-order valence-corrected chi connectivity index (χ4v) is 3.28. The molecule has 134 valence electrons. The highest BCUT2D eigenvalue weighted by atomic mass is 32.2. The predicted octanol–water partition coefficient (Wildman–Crippen LogP) is 3.32. The molecule has 26 heavy (non-hydrogen) atoms. The molecule has 2 N–H and O–H groups in total. The van der Waals surface area contributed by atoms with Gasteiger partial charge in [0.2, 0.25) is 0 Å². The molecule has 3 rings (SSSR count). The molecule has 1 heterocycles. The van der Waals surface area contributed by atoms with Crippen molar-refractivity contribution in [2.24, 2.45) is 0 Å². The van der Waals surface area contributed by atoms with E-state index in [-0.39, 0.29) is 16.6 Å². The normalized spacial score (nSPS) is 11.2. The third-order valence-electron chi connectivity index (χ3n) is 3.42. The number of thiol groups is 1. The molecular formula is C17H15N3O4S2. The highest BCUT2D eigenvalue weighted by Gasteiger charge is 2.16. The van der Waals surface area contributed by atoms with Crippen LogP contribution in [0.1, 0.15) is 16.1 Å². The van der Waals surface area contributed by atoms with Gasteiger partial charge in [0.05, 0.1) is 4.90 Å². The Hall–Kier alpha value is -2.78. The quantitative estimate of drug-likeness (QED) is 0.581. The van der Waals surface area contributed by atoms with Crippen molar-refractivity contribution in [2.75, 3.05) is 10.0 Å². The number of hydrogen-bond donors (Lipinski definition) is 3. The van der Waals surface area contributed by atoms with Crippen molar-refractivity contribution in [1.82, 2.24) is 5.16 Å². The zero-order valence-electron chi connectivity index (χ0n) is 13.6. The monoisotopic (exact) mass is 389 g/mol. The second kappa shape index (κ2) is 7.22. The standard InChI is InChI=1S/C17H15N3O4S2/c1-11-10-16(19-24-11)20-26(22,23)15-8-4-13(5-9-15)18-17(21)12-2-6-14(25)7-3-12/h2-10,25H,1H3,(H,18,21)(H,19,20). The van der Waals surface area contributed by atoms with E-state index in [2.05, 4.69) is 27.8 Å². The summed E-state index contributed by atoms with van der Waals surface area (Å²) in [6.07, 6.45) is 0. The first-order valence-electron chi connectivity index (χ1n) is 7.50. The molecule has 0 radical (unpaired) electrons. The van der Waals surface area contributed by atoms with E-state index in [1.165, 1.54) is 30.3 Å². The molecule has 0 bridgehead atoms. The number of hydrogen-bond acceptors (Lipinski definition) is 6. The van der Waals surface area contributed by atoms with Crippen molar-refractivity contribution in [3.63, 3.8) is 0 Å². The molecule has 0 atom stereocenters. The summed E-state index contributed by atoms with van der Waals surface area (Å²) < 4.78 is 31.8. The summed E-state index contributed by atoms with van der Waals surface area (Å²) in [5, 5.41) is 6.30. The molecule has 1 amide bonds. The smallest absolute Gasteiger partial charge is 0.263 e. The van der Waals surface area contributed by atoms with Gasteiger partial charge in [0.25, 0.3) is 15.9 Å². The lowest BCUT2D eigenvalue weighted by Gasteiger charge is -2.08. The number of aromatic nitrogens is 1. The van der Waals surface area contributed by atoms with E-state index in [4.69, 9.17) is 4.52 Å². The van der Waals surface area contributed by atoms with Crippen molar-refractivity contribution in [1.29, 1.82) is 0 Å². The van der Waals surface area contributed by atoms with Crippen LogP contribution in [-0.2, 0) is 10.0 Å². The van der Waals surface area contributed by atoms with Gasteiger partial charge in [0.15, 0.2) is 5.82 Å². The molecule has 9 heteroatoms. The Morgan fingerprint density at radius 2 is 1.73 bits per heavy atom. The number of rotatable bonds is 5. The van der Waals surface area contributed by atoms with Crippen LogP contribution in [0.4, 0.5) is 11.5 Å². The first-order valence-corrected chi connectivity index (χ1v) is 9.43. The van der Waals surface area contributed by atoms with Crippen LogP contribution in [0.3, 0.4) is 0 Å². The topological polar surface area (TPSA) is 101 Å². The average Bonchev–Trinajstić information content (AvgIpc) is 3.00. The number of anilines is 2. The molecule has 0 fully saturated rings. The van der Waals surface area contributed by atoms with Gasteiger partial charge in [-0.1, -0.05) is 5.16 Å². The van der Waals surface area contributed by atoms with Gasteiger partial charge in [-0.3, -0.25) is 9.52 Å². The number of nitrogens with one attached hydrogen (secondary N) is 2. The van der Waals surface area contributed by atoms with Crippen LogP contribution in [-0.4, -0.2) is 19.5 Å². The van der Waals surface area contributed by atoms with Crippen molar-refractivity contribution < 1.29 is 17.7 Å². The number of amides is 1. The number of benzene rings is 2. The number of nitrogens with zero attached hydrogens (tertiary/aromatic N) is 1. The van der Waals surface area contributed by atoms with Crippen LogP contribution >= 0.6 is 12.6 Å². The lowest BCUT2D eigenvalue weighted by atomic mass is 10.2. The Labute approximate surface area is 155 Å². The van der Waals surface area contributed by atoms with Gasteiger partial charge >= 0.3 is 0 Å². The van der Waals surface area contributed by atoms with Crippen molar-refractivity contribution in [3.05, 3.63) is 65.9 Å². The van der Waals surface area contributed by atoms with Gasteiger partial charge in [-0.15, -0.1) is 12.6 Å². The zero-order chi connectivity index (χ0) is 18.7. The SMILES string of the molecule is Cc1cc(NS(=O)(=O)c2ccc(NC(=O)c3ccc(S)cc3)cc2)no1. The number of aryl methyl sites for hydroxylation is 1. The lowest BCUT2D eigenvalue weighted by Crippen LogP contribution is -2.14. The minimum absolute atomic E-state index is 0.0376. The van der Waals surface area contributed by atoms with Gasteiger partial charge in [0.1, 0.15) is 5.76 Å². The highest BCUT2D eigenvalue weighted by Crippen LogP contribution is 2.19. The summed E-state index contributed by atoms with van der Waals surface area (Å²) in [7, 11) is -3.80. The van der Waals surface area contributed by atoms with E-state index in [0.717, 1.165) is 4.90 Å². The Kier molecular flexibility index (Phi) is 5.01. The zero-order valence-corrected chi connectivity index (χ0v) is 15.3. The van der Waals surface area contributed by atoms with Gasteiger partial charge in [-0.05, 0) is 55.5 Å². The van der Waals surface area contributed by atoms with E-state index in [9.17, 15) is 13.2 Å². The summed E-state index contributed by atoms with van der Waals surface area (Å²) >= 11 is 4.17. The van der Waals surface area contributed by atoms with E-state index in [1.807, 2.05) is 0 Å². The molecule has 3 aromatic rings. The van der Waals surface area contributed by atoms with Crippen molar-refractivity contribution in [2.45, 2.75) is 16.7 Å². The summed E-state index contributed by atoms with van der Waals surface area (Å²) in [5.74, 6) is 0.296. The fraction of sp³-hybridized carbons (Fsp3) is 0.0588. The molecule has 1 aromatic heterocycles. The van der Waals surface area contributed by atoms with Gasteiger partial charge < -0.3 is 9.84 Å². The van der Waals surface area contributed by atoms with Crippen molar-refractivity contribution >= 4 is 40.1 Å². The third kappa shape index (κ3) is 4.24. The first-order chi connectivity index (χ1) is 12.3. The average molecular weight is 389 g/mol. The van der Waals surface area contributed by atoms with Crippen LogP contribution in [0.5, 0.6) is 0 Å². The third-order valence-corrected chi connectivity index (χ3v) is 5.09. The van der Waals surface area contributed by atoms with E-state index in [0.29, 0.717) is 17.0 Å². The second-order valence-corrected chi connectivity index (χ2v) is 7.65. The van der Waals surface area contributed by atoms with Crippen LogP contribution in [0.2, 0.25) is 0 Å². The van der Waals surface area contributed by atoms with Crippen LogP contribution in [0, 0.1) is 6.92 Å². The molecular weight excluding hydrogens is 374 g/mol. The van der Waals surface area contributed by atoms with Gasteiger partial charge in [-0.2, -0.15) is 0 Å². The highest BCUT2D eigenvalue weighted by molar-refractivity contribution is 7.92. The Balaban J connectivity index is 1.71. The summed E-state index contributed by atoms with van der Waals surface area (Å²) in [5.41, 5.74) is 0.948. The minimum atomic E-state index is -3.80. The minimum Gasteiger partial charge on any atom is -0.360 e. The maximum atomic E-state index is 12.3. The summed E-state index contributed by atoms with van der Waals surface area (Å²) in [6.45, 7) is 1.66. The molecule has 0 unspecified atom stereocenters. The van der Waals surface area contributed by atoms with Gasteiger partial charge in [0, 0.05) is 22.2 Å². The maximum absolute atomic E-state index is 12.3. The lowest BCUT2D eigenvalue weighted by molar-refractivity contribution is 0.102. The fourth-order valence-electron chi connectivity index (χ4n) is 2.14. The van der Waals surface area contributed by atoms with E-state index in [1.54, 1.807) is 31.2 Å². The summed E-state index contributed by atoms with van der Waals surface area (Å²) in [6, 6.07) is 14.0. The molecule has 0 aliphatic heterocycles. The molecule has 0 saturated carbocycles. The molecule has 7 nitrogen and oxygen atoms in total. The summed E-state index contributed by atoms with van der Waals surface area (Å²) in [4.78, 5) is 13.0. The van der Waals surface area contributed by atoms with Crippen LogP contribution in [0.25, 0.3) is 0 Å². The Bertz CT molecular complexity index is 1030. The maximum Gasteiger partial charge on any atom is 0.263 e. The molecule has 0 aliphatic rings. The number of carbonyl (C=O) groups is 1. The Morgan fingerprint density at radius 3 is 2.31 bits per heavy atom. The predicted molar refractivity (Wildman–Crippen MR) is 100 cm³/mol. The second-order valence-electron chi connectivity index (χ2n) is 5.45.